The van der Waals surface area contributed by atoms with E-state index < -0.39 is 0 Å². The van der Waals surface area contributed by atoms with Crippen molar-refractivity contribution in [1.82, 2.24) is 0 Å². The highest BCUT2D eigenvalue weighted by molar-refractivity contribution is 6.41. The van der Waals surface area contributed by atoms with Gasteiger partial charge in [-0.15, -0.1) is 11.6 Å². The Kier molecular flexibility index (Phi) is 4.51. The summed E-state index contributed by atoms with van der Waals surface area (Å²) < 4.78 is 0. The van der Waals surface area contributed by atoms with Gasteiger partial charge in [-0.05, 0) is 23.4 Å². The van der Waals surface area contributed by atoms with Gasteiger partial charge in [-0.3, -0.25) is 9.98 Å². The van der Waals surface area contributed by atoms with Crippen molar-refractivity contribution in [2.24, 2.45) is 9.98 Å². The van der Waals surface area contributed by atoms with Gasteiger partial charge >= 0.3 is 0 Å². The van der Waals surface area contributed by atoms with Gasteiger partial charge in [0.2, 0.25) is 0 Å². The molecule has 0 radical (unpaired) electrons. The van der Waals surface area contributed by atoms with Gasteiger partial charge in [0.1, 0.15) is 6.00 Å². The molecule has 3 heteroatoms. The van der Waals surface area contributed by atoms with Gasteiger partial charge in [-0.25, -0.2) is 0 Å². The first kappa shape index (κ1) is 16.5. The Morgan fingerprint density at radius 2 is 1.27 bits per heavy atom. The lowest BCUT2D eigenvalue weighted by Gasteiger charge is -2.26. The molecule has 0 unspecified atom stereocenters. The minimum absolute atomic E-state index is 0.189. The number of halogens is 1. The minimum atomic E-state index is 0.189. The van der Waals surface area contributed by atoms with Crippen LogP contribution in [-0.4, -0.2) is 18.4 Å². The van der Waals surface area contributed by atoms with Gasteiger partial charge in [0.25, 0.3) is 0 Å². The fourth-order valence-electron chi connectivity index (χ4n) is 3.50. The molecule has 0 amide bonds. The van der Waals surface area contributed by atoms with Crippen molar-refractivity contribution in [3.63, 3.8) is 0 Å². The Balaban J connectivity index is 2.13. The van der Waals surface area contributed by atoms with E-state index in [0.717, 1.165) is 39.2 Å². The second kappa shape index (κ2) is 7.11. The van der Waals surface area contributed by atoms with Crippen LogP contribution < -0.4 is 0 Å². The topological polar surface area (TPSA) is 24.7 Å². The Labute approximate surface area is 158 Å². The van der Waals surface area contributed by atoms with Crippen LogP contribution in [0.2, 0.25) is 0 Å². The van der Waals surface area contributed by atoms with Crippen molar-refractivity contribution in [2.45, 2.75) is 0 Å². The summed E-state index contributed by atoms with van der Waals surface area (Å²) in [4.78, 5) is 9.03. The van der Waals surface area contributed by atoms with Crippen molar-refractivity contribution in [1.29, 1.82) is 0 Å². The molecule has 0 bridgehead atoms. The van der Waals surface area contributed by atoms with E-state index in [4.69, 9.17) is 11.6 Å². The summed E-state index contributed by atoms with van der Waals surface area (Å²) in [5.74, 6) is 0. The fraction of sp³-hybridized carbons (Fsp3) is 0.0435. The zero-order valence-electron chi connectivity index (χ0n) is 14.2. The van der Waals surface area contributed by atoms with E-state index in [0.29, 0.717) is 0 Å². The second-order valence-corrected chi connectivity index (χ2v) is 6.20. The molecule has 0 saturated heterocycles. The van der Waals surface area contributed by atoms with Crippen LogP contribution in [0.3, 0.4) is 0 Å². The summed E-state index contributed by atoms with van der Waals surface area (Å²) in [5.41, 5.74) is 8.16. The second-order valence-electron chi connectivity index (χ2n) is 5.97. The molecule has 0 heterocycles. The number of fused-ring (bicyclic) bond motifs is 3. The lowest BCUT2D eigenvalue weighted by atomic mass is 9.79. The molecule has 26 heavy (non-hydrogen) atoms. The largest absolute Gasteiger partial charge is 0.268 e. The van der Waals surface area contributed by atoms with E-state index in [1.54, 1.807) is 0 Å². The molecular formula is C23H17ClN2. The highest BCUT2D eigenvalue weighted by Crippen LogP contribution is 2.42. The van der Waals surface area contributed by atoms with Crippen LogP contribution in [0, 0.1) is 0 Å². The van der Waals surface area contributed by atoms with E-state index in [1.807, 2.05) is 48.5 Å². The van der Waals surface area contributed by atoms with Crippen molar-refractivity contribution in [3.05, 3.63) is 95.6 Å². The van der Waals surface area contributed by atoms with Crippen LogP contribution in [0.5, 0.6) is 0 Å². The average molecular weight is 357 g/mol. The van der Waals surface area contributed by atoms with E-state index in [2.05, 4.69) is 47.0 Å². The first-order valence-electron chi connectivity index (χ1n) is 8.41. The van der Waals surface area contributed by atoms with Crippen LogP contribution in [0.15, 0.2) is 88.8 Å². The maximum Gasteiger partial charge on any atom is 0.114 e. The SMILES string of the molecule is C=N/C(=C1\C(=N/CCl)c2ccccc2-c2ccccc21)c1ccccc1. The number of nitrogens with zero attached hydrogens (tertiary/aromatic N) is 2. The molecule has 0 saturated carbocycles. The van der Waals surface area contributed by atoms with Gasteiger partial charge in [0.15, 0.2) is 0 Å². The molecule has 0 atom stereocenters. The van der Waals surface area contributed by atoms with Gasteiger partial charge in [0.05, 0.1) is 11.4 Å². The summed E-state index contributed by atoms with van der Waals surface area (Å²) in [6.45, 7) is 3.84. The molecule has 0 fully saturated rings. The van der Waals surface area contributed by atoms with E-state index in [1.165, 1.54) is 5.56 Å². The standard InChI is InChI=1S/C23H17ClN2/c1-25-22(16-9-3-2-4-10-16)21-19-13-7-5-11-17(19)18-12-6-8-14-20(18)23(21)26-15-24/h2-14H,1,15H2/b22-21-,26-23-. The molecule has 1 aliphatic carbocycles. The molecule has 0 spiro atoms. The number of benzene rings is 3. The average Bonchev–Trinajstić information content (AvgIpc) is 2.71. The number of allylic oxidation sites excluding steroid dienone is 1. The lowest BCUT2D eigenvalue weighted by Crippen LogP contribution is -2.14. The maximum atomic E-state index is 6.03. The van der Waals surface area contributed by atoms with Crippen LogP contribution in [0.4, 0.5) is 0 Å². The van der Waals surface area contributed by atoms with Crippen molar-refractivity contribution in [2.75, 3.05) is 6.00 Å². The molecule has 0 N–H and O–H groups in total. The lowest BCUT2D eigenvalue weighted by molar-refractivity contribution is 1.35. The summed E-state index contributed by atoms with van der Waals surface area (Å²) in [5, 5.41) is 0. The molecule has 1 aliphatic rings. The number of aliphatic imine (C=N–C) groups is 2. The van der Waals surface area contributed by atoms with Crippen molar-refractivity contribution in [3.8, 4) is 11.1 Å². The van der Waals surface area contributed by atoms with Crippen molar-refractivity contribution >= 4 is 35.3 Å². The Morgan fingerprint density at radius 3 is 1.88 bits per heavy atom. The Morgan fingerprint density at radius 1 is 0.731 bits per heavy atom. The van der Waals surface area contributed by atoms with Crippen LogP contribution >= 0.6 is 11.6 Å². The number of alkyl halides is 1. The normalized spacial score (nSPS) is 16.0. The van der Waals surface area contributed by atoms with Gasteiger partial charge < -0.3 is 0 Å². The molecule has 3 aromatic rings. The van der Waals surface area contributed by atoms with Gasteiger partial charge in [-0.2, -0.15) is 0 Å². The van der Waals surface area contributed by atoms with Crippen LogP contribution in [-0.2, 0) is 0 Å². The molecular weight excluding hydrogens is 340 g/mol. The number of hydrogen-bond acceptors (Lipinski definition) is 2. The summed E-state index contributed by atoms with van der Waals surface area (Å²) in [6.07, 6.45) is 0. The third-order valence-corrected chi connectivity index (χ3v) is 4.69. The highest BCUT2D eigenvalue weighted by Gasteiger charge is 2.27. The predicted octanol–water partition coefficient (Wildman–Crippen LogP) is 5.92. The first-order valence-corrected chi connectivity index (χ1v) is 8.95. The quantitative estimate of drug-likeness (QED) is 0.316. The monoisotopic (exact) mass is 356 g/mol. The first-order chi connectivity index (χ1) is 12.8. The van der Waals surface area contributed by atoms with E-state index >= 15 is 0 Å². The zero-order chi connectivity index (χ0) is 17.9. The number of hydrogen-bond donors (Lipinski definition) is 0. The molecule has 4 rings (SSSR count). The molecule has 3 aromatic carbocycles. The van der Waals surface area contributed by atoms with Crippen LogP contribution in [0.25, 0.3) is 22.4 Å². The summed E-state index contributed by atoms with van der Waals surface area (Å²) >= 11 is 6.03. The molecule has 2 nitrogen and oxygen atoms in total. The van der Waals surface area contributed by atoms with Crippen molar-refractivity contribution < 1.29 is 0 Å². The third kappa shape index (κ3) is 2.69. The Bertz CT molecular complexity index is 1030. The van der Waals surface area contributed by atoms with Crippen LogP contribution in [0.1, 0.15) is 16.7 Å². The summed E-state index contributed by atoms with van der Waals surface area (Å²) in [6, 6.07) is 26.9. The van der Waals surface area contributed by atoms with Gasteiger partial charge in [-0.1, -0.05) is 78.9 Å². The predicted molar refractivity (Wildman–Crippen MR) is 112 cm³/mol. The van der Waals surface area contributed by atoms with E-state index in [9.17, 15) is 0 Å². The van der Waals surface area contributed by atoms with E-state index in [-0.39, 0.29) is 6.00 Å². The number of rotatable bonds is 3. The molecule has 0 aromatic heterocycles. The Hall–Kier alpha value is -2.97. The summed E-state index contributed by atoms with van der Waals surface area (Å²) in [7, 11) is 0. The molecule has 0 aliphatic heterocycles. The minimum Gasteiger partial charge on any atom is -0.268 e. The maximum absolute atomic E-state index is 6.03. The zero-order valence-corrected chi connectivity index (χ0v) is 14.9. The van der Waals surface area contributed by atoms with Gasteiger partial charge in [0, 0.05) is 16.7 Å². The highest BCUT2D eigenvalue weighted by atomic mass is 35.5. The smallest absolute Gasteiger partial charge is 0.114 e. The molecule has 126 valence electrons. The fourth-order valence-corrected chi connectivity index (χ4v) is 3.62. The third-order valence-electron chi connectivity index (χ3n) is 4.57.